The third-order valence-electron chi connectivity index (χ3n) is 3.69. The third kappa shape index (κ3) is 6.16. The number of amides is 1. The maximum atomic E-state index is 12.1. The molecule has 1 aromatic heterocycles. The molecule has 10 nitrogen and oxygen atoms in total. The molecule has 1 aromatic carbocycles. The monoisotopic (exact) mass is 419 g/mol. The lowest BCUT2D eigenvalue weighted by Crippen LogP contribution is -2.15. The summed E-state index contributed by atoms with van der Waals surface area (Å²) < 4.78 is 15.1. The Morgan fingerprint density at radius 1 is 1.40 bits per heavy atom. The summed E-state index contributed by atoms with van der Waals surface area (Å²) >= 11 is 0. The summed E-state index contributed by atoms with van der Waals surface area (Å²) in [6.45, 7) is 9.47. The van der Waals surface area contributed by atoms with Crippen molar-refractivity contribution >= 4 is 23.4 Å². The molecule has 10 heteroatoms. The fourth-order valence-electron chi connectivity index (χ4n) is 2.42. The van der Waals surface area contributed by atoms with Crippen molar-refractivity contribution in [3.05, 3.63) is 53.1 Å². The van der Waals surface area contributed by atoms with Crippen LogP contribution in [0.5, 0.6) is 0 Å². The van der Waals surface area contributed by atoms with Gasteiger partial charge >= 0.3 is 12.1 Å². The first-order valence-electron chi connectivity index (χ1n) is 9.28. The molecule has 0 saturated heterocycles. The van der Waals surface area contributed by atoms with E-state index in [2.05, 4.69) is 21.6 Å². The van der Waals surface area contributed by atoms with E-state index in [1.54, 1.807) is 6.92 Å². The van der Waals surface area contributed by atoms with E-state index < -0.39 is 22.9 Å². The van der Waals surface area contributed by atoms with E-state index in [9.17, 15) is 19.7 Å². The normalized spacial score (nSPS) is 10.8. The van der Waals surface area contributed by atoms with Gasteiger partial charge < -0.3 is 13.9 Å². The molecular formula is C20H25N3O7. The lowest BCUT2D eigenvalue weighted by Gasteiger charge is -2.10. The standard InChI is InChI=1S/C18H19N3O7.C2H6/c1-4-6-13(17(22)27-5-2)16-19-10-15(28-16)12-8-7-11(20-18(23)26-3)9-14(12)21(24)25;1-2/h4,7-10,13H,1,5-6H2,2-3H3,(H,20,23);1-2H3. The second-order valence-electron chi connectivity index (χ2n) is 5.50. The summed E-state index contributed by atoms with van der Waals surface area (Å²) in [7, 11) is 1.18. The highest BCUT2D eigenvalue weighted by Gasteiger charge is 2.27. The zero-order valence-electron chi connectivity index (χ0n) is 17.3. The van der Waals surface area contributed by atoms with Gasteiger partial charge in [0.1, 0.15) is 5.92 Å². The van der Waals surface area contributed by atoms with Crippen molar-refractivity contribution < 1.29 is 28.4 Å². The molecule has 0 bridgehead atoms. The molecule has 1 amide bonds. The van der Waals surface area contributed by atoms with Crippen molar-refractivity contribution in [3.8, 4) is 11.3 Å². The molecular weight excluding hydrogens is 394 g/mol. The fourth-order valence-corrected chi connectivity index (χ4v) is 2.42. The molecule has 1 atom stereocenters. The Hall–Kier alpha value is -3.69. The molecule has 0 spiro atoms. The van der Waals surface area contributed by atoms with E-state index in [4.69, 9.17) is 9.15 Å². The van der Waals surface area contributed by atoms with Crippen LogP contribution in [-0.2, 0) is 14.3 Å². The summed E-state index contributed by atoms with van der Waals surface area (Å²) in [6.07, 6.45) is 2.30. The number of nitro groups is 1. The average molecular weight is 419 g/mol. The first-order chi connectivity index (χ1) is 14.4. The van der Waals surface area contributed by atoms with Gasteiger partial charge in [-0.05, 0) is 25.5 Å². The summed E-state index contributed by atoms with van der Waals surface area (Å²) in [5, 5.41) is 13.8. The first kappa shape index (κ1) is 24.3. The van der Waals surface area contributed by atoms with E-state index in [0.29, 0.717) is 0 Å². The SMILES string of the molecule is C=CCC(C(=O)OCC)c1ncc(-c2ccc(NC(=O)OC)cc2[N+](=O)[O-])o1.CC. The highest BCUT2D eigenvalue weighted by molar-refractivity contribution is 5.86. The van der Waals surface area contributed by atoms with Gasteiger partial charge in [-0.25, -0.2) is 9.78 Å². The van der Waals surface area contributed by atoms with Crippen LogP contribution in [0, 0.1) is 10.1 Å². The molecule has 0 radical (unpaired) electrons. The lowest BCUT2D eigenvalue weighted by molar-refractivity contribution is -0.384. The number of allylic oxidation sites excluding steroid dienone is 1. The first-order valence-corrected chi connectivity index (χ1v) is 9.28. The molecule has 1 unspecified atom stereocenters. The van der Waals surface area contributed by atoms with Crippen LogP contribution in [0.4, 0.5) is 16.2 Å². The van der Waals surface area contributed by atoms with E-state index in [-0.39, 0.29) is 41.6 Å². The van der Waals surface area contributed by atoms with Crippen molar-refractivity contribution in [2.45, 2.75) is 33.1 Å². The molecule has 30 heavy (non-hydrogen) atoms. The van der Waals surface area contributed by atoms with Crippen LogP contribution in [0.1, 0.15) is 39.0 Å². The van der Waals surface area contributed by atoms with Gasteiger partial charge in [-0.1, -0.05) is 19.9 Å². The number of esters is 1. The van der Waals surface area contributed by atoms with Gasteiger partial charge in [0.05, 0.1) is 36.1 Å². The molecule has 2 rings (SSSR count). The highest BCUT2D eigenvalue weighted by atomic mass is 16.6. The Bertz CT molecular complexity index is 892. The van der Waals surface area contributed by atoms with Crippen LogP contribution < -0.4 is 5.32 Å². The van der Waals surface area contributed by atoms with Crippen LogP contribution in [0.2, 0.25) is 0 Å². The number of benzene rings is 1. The number of aromatic nitrogens is 1. The molecule has 2 aromatic rings. The number of hydrogen-bond acceptors (Lipinski definition) is 8. The Kier molecular flexibility index (Phi) is 9.74. The lowest BCUT2D eigenvalue weighted by atomic mass is 10.1. The van der Waals surface area contributed by atoms with Crippen LogP contribution >= 0.6 is 0 Å². The molecule has 1 N–H and O–H groups in total. The number of carbonyl (C=O) groups is 2. The maximum Gasteiger partial charge on any atom is 0.411 e. The molecule has 0 aliphatic heterocycles. The van der Waals surface area contributed by atoms with Crippen molar-refractivity contribution in [1.82, 2.24) is 4.98 Å². The van der Waals surface area contributed by atoms with Crippen LogP contribution in [0.25, 0.3) is 11.3 Å². The number of nitrogens with one attached hydrogen (secondary N) is 1. The van der Waals surface area contributed by atoms with Crippen molar-refractivity contribution in [2.75, 3.05) is 19.0 Å². The predicted molar refractivity (Wildman–Crippen MR) is 110 cm³/mol. The second kappa shape index (κ2) is 12.0. The van der Waals surface area contributed by atoms with Crippen molar-refractivity contribution in [2.24, 2.45) is 0 Å². The van der Waals surface area contributed by atoms with Crippen LogP contribution in [0.3, 0.4) is 0 Å². The molecule has 0 aliphatic carbocycles. The van der Waals surface area contributed by atoms with Gasteiger partial charge in [0.2, 0.25) is 5.89 Å². The van der Waals surface area contributed by atoms with Gasteiger partial charge in [0.15, 0.2) is 5.76 Å². The Morgan fingerprint density at radius 3 is 2.67 bits per heavy atom. The van der Waals surface area contributed by atoms with Crippen molar-refractivity contribution in [3.63, 3.8) is 0 Å². The number of oxazole rings is 1. The Balaban J connectivity index is 0.00000218. The number of nitrogens with zero attached hydrogens (tertiary/aromatic N) is 2. The molecule has 0 saturated carbocycles. The van der Waals surface area contributed by atoms with E-state index in [1.807, 2.05) is 13.8 Å². The minimum absolute atomic E-state index is 0.0689. The molecule has 1 heterocycles. The zero-order valence-corrected chi connectivity index (χ0v) is 17.3. The third-order valence-corrected chi connectivity index (χ3v) is 3.69. The second-order valence-corrected chi connectivity index (χ2v) is 5.50. The maximum absolute atomic E-state index is 12.1. The van der Waals surface area contributed by atoms with E-state index in [1.165, 1.54) is 37.6 Å². The van der Waals surface area contributed by atoms with Gasteiger partial charge in [0.25, 0.3) is 5.69 Å². The molecule has 0 aliphatic rings. The van der Waals surface area contributed by atoms with Gasteiger partial charge in [-0.2, -0.15) is 0 Å². The summed E-state index contributed by atoms with van der Waals surface area (Å²) in [6, 6.07) is 4.02. The summed E-state index contributed by atoms with van der Waals surface area (Å²) in [5.41, 5.74) is 0.00600. The predicted octanol–water partition coefficient (Wildman–Crippen LogP) is 4.68. The minimum Gasteiger partial charge on any atom is -0.465 e. The molecule has 162 valence electrons. The largest absolute Gasteiger partial charge is 0.465 e. The number of rotatable bonds is 8. The van der Waals surface area contributed by atoms with Crippen LogP contribution in [0.15, 0.2) is 41.5 Å². The Morgan fingerprint density at radius 2 is 2.10 bits per heavy atom. The number of anilines is 1. The van der Waals surface area contributed by atoms with Gasteiger partial charge in [0, 0.05) is 6.07 Å². The van der Waals surface area contributed by atoms with Crippen LogP contribution in [-0.4, -0.2) is 35.7 Å². The topological polar surface area (TPSA) is 134 Å². The summed E-state index contributed by atoms with van der Waals surface area (Å²) in [5.74, 6) is -1.16. The van der Waals surface area contributed by atoms with E-state index >= 15 is 0 Å². The number of methoxy groups -OCH3 is 1. The van der Waals surface area contributed by atoms with Gasteiger partial charge in [-0.15, -0.1) is 6.58 Å². The number of ether oxygens (including phenoxy) is 2. The fraction of sp³-hybridized carbons (Fsp3) is 0.350. The quantitative estimate of drug-likeness (QED) is 0.282. The number of hydrogen-bond donors (Lipinski definition) is 1. The molecule has 0 fully saturated rings. The number of nitro benzene ring substituents is 1. The minimum atomic E-state index is -0.800. The van der Waals surface area contributed by atoms with Crippen molar-refractivity contribution in [1.29, 1.82) is 0 Å². The summed E-state index contributed by atoms with van der Waals surface area (Å²) in [4.78, 5) is 38.3. The average Bonchev–Trinajstić information content (AvgIpc) is 3.23. The smallest absolute Gasteiger partial charge is 0.411 e. The highest BCUT2D eigenvalue weighted by Crippen LogP contribution is 2.34. The zero-order chi connectivity index (χ0) is 22.7. The van der Waals surface area contributed by atoms with E-state index in [0.717, 1.165) is 0 Å². The Labute approximate surface area is 174 Å². The van der Waals surface area contributed by atoms with Gasteiger partial charge in [-0.3, -0.25) is 20.2 Å². The number of carbonyl (C=O) groups excluding carboxylic acids is 2.